The van der Waals surface area contributed by atoms with Gasteiger partial charge in [0.15, 0.2) is 0 Å². The van der Waals surface area contributed by atoms with Crippen LogP contribution in [0.25, 0.3) is 10.2 Å². The zero-order chi connectivity index (χ0) is 21.8. The number of hydrogen-bond acceptors (Lipinski definition) is 5. The number of benzene rings is 3. The molecule has 0 bridgehead atoms. The molecule has 0 aliphatic carbocycles. The zero-order valence-electron chi connectivity index (χ0n) is 17.1. The van der Waals surface area contributed by atoms with Gasteiger partial charge in [-0.2, -0.15) is 10.1 Å². The number of fused-ring (bicyclic) bond motifs is 1. The molecule has 3 aromatic carbocycles. The van der Waals surface area contributed by atoms with E-state index in [2.05, 4.69) is 32.1 Å². The summed E-state index contributed by atoms with van der Waals surface area (Å²) in [5, 5.41) is 6.39. The quantitative estimate of drug-likeness (QED) is 0.229. The van der Waals surface area contributed by atoms with Crippen LogP contribution in [-0.4, -0.2) is 23.7 Å². The van der Waals surface area contributed by atoms with Crippen molar-refractivity contribution in [1.29, 1.82) is 0 Å². The highest BCUT2D eigenvalue weighted by atomic mass is 79.9. The summed E-state index contributed by atoms with van der Waals surface area (Å²) in [5.74, 6) is 0.464. The molecule has 31 heavy (non-hydrogen) atoms. The van der Waals surface area contributed by atoms with Crippen LogP contribution in [0.5, 0.6) is 5.75 Å². The third-order valence-corrected chi connectivity index (χ3v) is 6.03. The fourth-order valence-electron chi connectivity index (χ4n) is 2.95. The largest absolute Gasteiger partial charge is 0.494 e. The number of carbonyl (C=O) groups is 1. The minimum atomic E-state index is -0.257. The fourth-order valence-corrected chi connectivity index (χ4v) is 4.24. The molecule has 1 aromatic heterocycles. The number of aryl methyl sites for hydroxylation is 1. The molecule has 0 spiro atoms. The third-order valence-electron chi connectivity index (χ3n) is 4.51. The number of hydrogen-bond donors (Lipinski definition) is 0. The molecule has 0 radical (unpaired) electrons. The van der Waals surface area contributed by atoms with Gasteiger partial charge in [0.1, 0.15) is 5.75 Å². The standard InChI is InChI=1S/C24H20BrN3O2S/c1-3-30-20-11-7-18(8-12-20)23(29)28(26-15-17-5-9-19(25)10-6-17)24-27-21-13-4-16(2)14-22(21)31-24/h4-15H,3H2,1-2H3/b26-15+. The maximum atomic E-state index is 13.4. The molecule has 0 saturated heterocycles. The number of halogens is 1. The average Bonchev–Trinajstić information content (AvgIpc) is 3.18. The Morgan fingerprint density at radius 2 is 1.87 bits per heavy atom. The summed E-state index contributed by atoms with van der Waals surface area (Å²) in [6.45, 7) is 4.53. The fraction of sp³-hybridized carbons (Fsp3) is 0.125. The lowest BCUT2D eigenvalue weighted by atomic mass is 10.2. The van der Waals surface area contributed by atoms with E-state index >= 15 is 0 Å². The van der Waals surface area contributed by atoms with Gasteiger partial charge in [-0.3, -0.25) is 4.79 Å². The number of aromatic nitrogens is 1. The van der Waals surface area contributed by atoms with E-state index < -0.39 is 0 Å². The van der Waals surface area contributed by atoms with Gasteiger partial charge in [-0.25, -0.2) is 4.98 Å². The summed E-state index contributed by atoms with van der Waals surface area (Å²) < 4.78 is 7.48. The van der Waals surface area contributed by atoms with Crippen molar-refractivity contribution in [3.8, 4) is 5.75 Å². The summed E-state index contributed by atoms with van der Waals surface area (Å²) in [6, 6.07) is 20.8. The van der Waals surface area contributed by atoms with Gasteiger partial charge in [-0.15, -0.1) is 0 Å². The van der Waals surface area contributed by atoms with E-state index in [4.69, 9.17) is 4.74 Å². The van der Waals surface area contributed by atoms with E-state index in [1.54, 1.807) is 30.5 Å². The molecular weight excluding hydrogens is 474 g/mol. The summed E-state index contributed by atoms with van der Waals surface area (Å²) in [5.41, 5.74) is 3.37. The van der Waals surface area contributed by atoms with Gasteiger partial charge in [-0.05, 0) is 73.5 Å². The number of rotatable bonds is 6. The molecule has 0 fully saturated rings. The number of ether oxygens (including phenoxy) is 1. The molecule has 1 amide bonds. The van der Waals surface area contributed by atoms with E-state index in [1.165, 1.54) is 16.3 Å². The van der Waals surface area contributed by atoms with Crippen LogP contribution in [0.15, 0.2) is 76.3 Å². The summed E-state index contributed by atoms with van der Waals surface area (Å²) >= 11 is 4.87. The molecule has 0 N–H and O–H groups in total. The van der Waals surface area contributed by atoms with Crippen molar-refractivity contribution in [2.24, 2.45) is 5.10 Å². The molecule has 0 unspecified atom stereocenters. The van der Waals surface area contributed by atoms with E-state index in [9.17, 15) is 4.79 Å². The predicted molar refractivity (Wildman–Crippen MR) is 131 cm³/mol. The van der Waals surface area contributed by atoms with Gasteiger partial charge >= 0.3 is 0 Å². The number of nitrogens with zero attached hydrogens (tertiary/aromatic N) is 3. The second kappa shape index (κ2) is 9.41. The molecule has 5 nitrogen and oxygen atoms in total. The molecular formula is C24H20BrN3O2S. The molecule has 156 valence electrons. The normalized spacial score (nSPS) is 11.2. The van der Waals surface area contributed by atoms with Crippen LogP contribution in [0, 0.1) is 6.92 Å². The number of carbonyl (C=O) groups excluding carboxylic acids is 1. The van der Waals surface area contributed by atoms with Crippen molar-refractivity contribution in [1.82, 2.24) is 4.98 Å². The van der Waals surface area contributed by atoms with Crippen LogP contribution in [-0.2, 0) is 0 Å². The van der Waals surface area contributed by atoms with Gasteiger partial charge in [0.25, 0.3) is 5.91 Å². The number of amides is 1. The first kappa shape index (κ1) is 21.2. The third kappa shape index (κ3) is 5.00. The molecule has 7 heteroatoms. The summed E-state index contributed by atoms with van der Waals surface area (Å²) in [6.07, 6.45) is 1.66. The van der Waals surface area contributed by atoms with Crippen molar-refractivity contribution in [2.75, 3.05) is 11.6 Å². The SMILES string of the molecule is CCOc1ccc(C(=O)N(/N=C/c2ccc(Br)cc2)c2nc3ccc(C)cc3s2)cc1. The highest BCUT2D eigenvalue weighted by molar-refractivity contribution is 9.10. The van der Waals surface area contributed by atoms with Gasteiger partial charge in [-0.1, -0.05) is 45.5 Å². The Labute approximate surface area is 193 Å². The average molecular weight is 494 g/mol. The molecule has 0 atom stereocenters. The van der Waals surface area contributed by atoms with Gasteiger partial charge in [0.2, 0.25) is 5.13 Å². The number of hydrazone groups is 1. The maximum Gasteiger partial charge on any atom is 0.280 e. The second-order valence-corrected chi connectivity index (χ2v) is 8.76. The van der Waals surface area contributed by atoms with Crippen molar-refractivity contribution in [2.45, 2.75) is 13.8 Å². The van der Waals surface area contributed by atoms with Gasteiger partial charge in [0.05, 0.1) is 23.0 Å². The van der Waals surface area contributed by atoms with Crippen LogP contribution in [0.4, 0.5) is 5.13 Å². The van der Waals surface area contributed by atoms with Crippen LogP contribution < -0.4 is 9.75 Å². The summed E-state index contributed by atoms with van der Waals surface area (Å²) in [4.78, 5) is 18.0. The van der Waals surface area contributed by atoms with Crippen molar-refractivity contribution >= 4 is 54.7 Å². The summed E-state index contributed by atoms with van der Waals surface area (Å²) in [7, 11) is 0. The topological polar surface area (TPSA) is 54.8 Å². The minimum absolute atomic E-state index is 0.257. The lowest BCUT2D eigenvalue weighted by molar-refractivity contribution is 0.0988. The predicted octanol–water partition coefficient (Wildman–Crippen LogP) is 6.45. The van der Waals surface area contributed by atoms with Gasteiger partial charge in [0, 0.05) is 10.0 Å². The molecule has 0 saturated carbocycles. The van der Waals surface area contributed by atoms with Crippen LogP contribution in [0.2, 0.25) is 0 Å². The Bertz CT molecular complexity index is 1230. The first-order valence-corrected chi connectivity index (χ1v) is 11.4. The highest BCUT2D eigenvalue weighted by Gasteiger charge is 2.21. The van der Waals surface area contributed by atoms with Crippen molar-refractivity contribution in [3.05, 3.63) is 87.9 Å². The maximum absolute atomic E-state index is 13.4. The van der Waals surface area contributed by atoms with Crippen molar-refractivity contribution in [3.63, 3.8) is 0 Å². The monoisotopic (exact) mass is 493 g/mol. The Hall–Kier alpha value is -3.03. The lowest BCUT2D eigenvalue weighted by Crippen LogP contribution is -2.25. The van der Waals surface area contributed by atoms with Gasteiger partial charge < -0.3 is 4.74 Å². The Kier molecular flexibility index (Phi) is 6.44. The first-order chi connectivity index (χ1) is 15.0. The molecule has 4 rings (SSSR count). The number of anilines is 1. The van der Waals surface area contributed by atoms with E-state index in [1.807, 2.05) is 50.2 Å². The molecule has 4 aromatic rings. The van der Waals surface area contributed by atoms with Crippen molar-refractivity contribution < 1.29 is 9.53 Å². The van der Waals surface area contributed by atoms with Crippen LogP contribution >= 0.6 is 27.3 Å². The van der Waals surface area contributed by atoms with Crippen LogP contribution in [0.1, 0.15) is 28.4 Å². The van der Waals surface area contributed by atoms with E-state index in [0.717, 1.165) is 31.6 Å². The Morgan fingerprint density at radius 3 is 2.58 bits per heavy atom. The minimum Gasteiger partial charge on any atom is -0.494 e. The molecule has 1 heterocycles. The number of thiazole rings is 1. The zero-order valence-corrected chi connectivity index (χ0v) is 19.5. The molecule has 0 aliphatic heterocycles. The highest BCUT2D eigenvalue weighted by Crippen LogP contribution is 2.31. The first-order valence-electron chi connectivity index (χ1n) is 9.77. The molecule has 0 aliphatic rings. The lowest BCUT2D eigenvalue weighted by Gasteiger charge is -2.14. The van der Waals surface area contributed by atoms with E-state index in [0.29, 0.717) is 17.3 Å². The second-order valence-electron chi connectivity index (χ2n) is 6.84. The Morgan fingerprint density at radius 1 is 1.13 bits per heavy atom. The van der Waals surface area contributed by atoms with E-state index in [-0.39, 0.29) is 5.91 Å². The van der Waals surface area contributed by atoms with Crippen LogP contribution in [0.3, 0.4) is 0 Å². The smallest absolute Gasteiger partial charge is 0.280 e. The Balaban J connectivity index is 1.71.